The number of allylic oxidation sites excluding steroid dienone is 1. The highest BCUT2D eigenvalue weighted by Crippen LogP contribution is 2.25. The molecule has 1 atom stereocenters. The van der Waals surface area contributed by atoms with E-state index < -0.39 is 0 Å². The summed E-state index contributed by atoms with van der Waals surface area (Å²) in [6, 6.07) is 0. The molecule has 25 heavy (non-hydrogen) atoms. The lowest BCUT2D eigenvalue weighted by Gasteiger charge is -2.12. The Labute approximate surface area is 157 Å². The monoisotopic (exact) mass is 382 g/mol. The van der Waals surface area contributed by atoms with E-state index in [0.29, 0.717) is 5.75 Å². The smallest absolute Gasteiger partial charge is 0.230 e. The third-order valence-corrected chi connectivity index (χ3v) is 6.41. The highest BCUT2D eigenvalue weighted by Gasteiger charge is 2.16. The molecule has 1 amide bonds. The van der Waals surface area contributed by atoms with Gasteiger partial charge in [0.25, 0.3) is 0 Å². The lowest BCUT2D eigenvalue weighted by atomic mass is 9.97. The van der Waals surface area contributed by atoms with Gasteiger partial charge in [-0.2, -0.15) is 0 Å². The molecule has 2 heterocycles. The van der Waals surface area contributed by atoms with Crippen molar-refractivity contribution < 1.29 is 9.53 Å². The van der Waals surface area contributed by atoms with Gasteiger partial charge in [0.2, 0.25) is 11.0 Å². The van der Waals surface area contributed by atoms with E-state index in [1.807, 2.05) is 0 Å². The summed E-state index contributed by atoms with van der Waals surface area (Å²) in [6.45, 7) is 2.36. The second kappa shape index (κ2) is 10.1. The Hall–Kier alpha value is -1.12. The van der Waals surface area contributed by atoms with Crippen molar-refractivity contribution in [3.8, 4) is 0 Å². The normalized spacial score (nSPS) is 20.3. The quantitative estimate of drug-likeness (QED) is 0.504. The third-order valence-electron chi connectivity index (χ3n) is 4.39. The second-order valence-corrected chi connectivity index (χ2v) is 8.59. The van der Waals surface area contributed by atoms with Crippen LogP contribution in [0.4, 0.5) is 5.13 Å². The first-order chi connectivity index (χ1) is 12.3. The molecule has 1 unspecified atom stereocenters. The molecule has 0 saturated carbocycles. The van der Waals surface area contributed by atoms with Crippen LogP contribution in [0.15, 0.2) is 16.0 Å². The first-order valence-electron chi connectivity index (χ1n) is 9.06. The van der Waals surface area contributed by atoms with Crippen LogP contribution in [0.2, 0.25) is 0 Å². The number of nitrogens with one attached hydrogen (secondary N) is 2. The van der Waals surface area contributed by atoms with Crippen LogP contribution in [0.5, 0.6) is 0 Å². The molecule has 0 spiro atoms. The number of ether oxygens (including phenoxy) is 1. The van der Waals surface area contributed by atoms with E-state index in [9.17, 15) is 4.79 Å². The number of aromatic nitrogens is 2. The molecule has 1 saturated heterocycles. The van der Waals surface area contributed by atoms with Crippen molar-refractivity contribution in [3.05, 3.63) is 11.6 Å². The average molecular weight is 383 g/mol. The van der Waals surface area contributed by atoms with Crippen molar-refractivity contribution >= 4 is 34.1 Å². The third kappa shape index (κ3) is 6.60. The molecule has 2 N–H and O–H groups in total. The maximum atomic E-state index is 11.9. The average Bonchev–Trinajstić information content (AvgIpc) is 3.31. The van der Waals surface area contributed by atoms with Gasteiger partial charge >= 0.3 is 0 Å². The van der Waals surface area contributed by atoms with Crippen LogP contribution in [0.25, 0.3) is 0 Å². The molecular weight excluding hydrogens is 356 g/mol. The number of anilines is 1. The zero-order chi connectivity index (χ0) is 17.3. The Balaban J connectivity index is 1.29. The van der Waals surface area contributed by atoms with E-state index in [4.69, 9.17) is 4.74 Å². The molecule has 138 valence electrons. The number of hydrogen-bond donors (Lipinski definition) is 2. The Kier molecular flexibility index (Phi) is 7.56. The molecule has 6 nitrogen and oxygen atoms in total. The van der Waals surface area contributed by atoms with Gasteiger partial charge in [0.15, 0.2) is 4.34 Å². The number of nitrogens with zero attached hydrogens (tertiary/aromatic N) is 2. The molecule has 0 bridgehead atoms. The van der Waals surface area contributed by atoms with Crippen LogP contribution < -0.4 is 10.6 Å². The maximum Gasteiger partial charge on any atom is 0.230 e. The van der Waals surface area contributed by atoms with Gasteiger partial charge < -0.3 is 15.4 Å². The number of hydrogen-bond acceptors (Lipinski definition) is 7. The zero-order valence-corrected chi connectivity index (χ0v) is 16.1. The van der Waals surface area contributed by atoms with Gasteiger partial charge in [-0.25, -0.2) is 0 Å². The van der Waals surface area contributed by atoms with Crippen LogP contribution >= 0.6 is 23.1 Å². The topological polar surface area (TPSA) is 76.1 Å². The van der Waals surface area contributed by atoms with Gasteiger partial charge in [0.05, 0.1) is 11.9 Å². The standard InChI is InChI=1S/C17H26N4O2S2/c22-15(18-9-8-13-5-2-1-3-6-13)12-24-17-21-20-16(25-17)19-11-14-7-4-10-23-14/h5,14H,1-4,6-12H2,(H,18,22)(H,19,20). The fraction of sp³-hybridized carbons (Fsp3) is 0.706. The Morgan fingerprint density at radius 2 is 2.32 bits per heavy atom. The fourth-order valence-corrected chi connectivity index (χ4v) is 4.61. The number of rotatable bonds is 9. The number of carbonyl (C=O) groups is 1. The molecule has 1 aliphatic heterocycles. The summed E-state index contributed by atoms with van der Waals surface area (Å²) in [4.78, 5) is 11.9. The van der Waals surface area contributed by atoms with Crippen molar-refractivity contribution in [1.29, 1.82) is 0 Å². The van der Waals surface area contributed by atoms with Gasteiger partial charge in [0.1, 0.15) is 0 Å². The molecule has 1 aliphatic carbocycles. The van der Waals surface area contributed by atoms with Gasteiger partial charge in [-0.05, 0) is 44.9 Å². The Morgan fingerprint density at radius 3 is 3.12 bits per heavy atom. The molecule has 1 fully saturated rings. The molecule has 8 heteroatoms. The van der Waals surface area contributed by atoms with E-state index in [1.165, 1.54) is 54.4 Å². The SMILES string of the molecule is O=C(CSc1nnc(NCC2CCCO2)s1)NCCC1=CCCCC1. The summed E-state index contributed by atoms with van der Waals surface area (Å²) in [6.07, 6.45) is 10.8. The van der Waals surface area contributed by atoms with Gasteiger partial charge in [-0.3, -0.25) is 4.79 Å². The number of carbonyl (C=O) groups excluding carboxylic acids is 1. The minimum Gasteiger partial charge on any atom is -0.376 e. The fourth-order valence-electron chi connectivity index (χ4n) is 3.02. The second-order valence-electron chi connectivity index (χ2n) is 6.39. The number of amides is 1. The van der Waals surface area contributed by atoms with E-state index >= 15 is 0 Å². The molecule has 0 aromatic carbocycles. The lowest BCUT2D eigenvalue weighted by molar-refractivity contribution is -0.118. The summed E-state index contributed by atoms with van der Waals surface area (Å²) in [5.74, 6) is 0.449. The molecule has 2 aliphatic rings. The van der Waals surface area contributed by atoms with E-state index in [0.717, 1.165) is 48.4 Å². The summed E-state index contributed by atoms with van der Waals surface area (Å²) < 4.78 is 6.39. The largest absolute Gasteiger partial charge is 0.376 e. The van der Waals surface area contributed by atoms with Crippen LogP contribution in [0.1, 0.15) is 44.9 Å². The molecular formula is C17H26N4O2S2. The summed E-state index contributed by atoms with van der Waals surface area (Å²) in [5, 5.41) is 15.3. The number of thioether (sulfide) groups is 1. The highest BCUT2D eigenvalue weighted by atomic mass is 32.2. The molecule has 1 aromatic rings. The van der Waals surface area contributed by atoms with Crippen LogP contribution in [0, 0.1) is 0 Å². The van der Waals surface area contributed by atoms with Gasteiger partial charge in [0, 0.05) is 19.7 Å². The summed E-state index contributed by atoms with van der Waals surface area (Å²) >= 11 is 2.93. The minimum atomic E-state index is 0.0606. The van der Waals surface area contributed by atoms with Crippen molar-refractivity contribution in [3.63, 3.8) is 0 Å². The predicted molar refractivity (Wildman–Crippen MR) is 102 cm³/mol. The maximum absolute atomic E-state index is 11.9. The summed E-state index contributed by atoms with van der Waals surface area (Å²) in [5.41, 5.74) is 1.49. The van der Waals surface area contributed by atoms with Crippen molar-refractivity contribution in [1.82, 2.24) is 15.5 Å². The van der Waals surface area contributed by atoms with Crippen LogP contribution in [0.3, 0.4) is 0 Å². The van der Waals surface area contributed by atoms with E-state index in [-0.39, 0.29) is 12.0 Å². The van der Waals surface area contributed by atoms with Gasteiger partial charge in [-0.15, -0.1) is 10.2 Å². The van der Waals surface area contributed by atoms with Crippen molar-refractivity contribution in [2.45, 2.75) is 55.4 Å². The first kappa shape index (κ1) is 18.7. The van der Waals surface area contributed by atoms with Crippen molar-refractivity contribution in [2.75, 3.05) is 30.8 Å². The molecule has 3 rings (SSSR count). The van der Waals surface area contributed by atoms with Crippen LogP contribution in [-0.2, 0) is 9.53 Å². The zero-order valence-electron chi connectivity index (χ0n) is 14.5. The van der Waals surface area contributed by atoms with Crippen molar-refractivity contribution in [2.24, 2.45) is 0 Å². The molecule has 0 radical (unpaired) electrons. The summed E-state index contributed by atoms with van der Waals surface area (Å²) in [7, 11) is 0. The van der Waals surface area contributed by atoms with Crippen LogP contribution in [-0.4, -0.2) is 47.7 Å². The first-order valence-corrected chi connectivity index (χ1v) is 10.9. The predicted octanol–water partition coefficient (Wildman–Crippen LogP) is 3.23. The minimum absolute atomic E-state index is 0.0606. The van der Waals surface area contributed by atoms with E-state index in [1.54, 1.807) is 0 Å². The van der Waals surface area contributed by atoms with E-state index in [2.05, 4.69) is 26.9 Å². The van der Waals surface area contributed by atoms with Gasteiger partial charge in [-0.1, -0.05) is 34.7 Å². The Morgan fingerprint density at radius 1 is 1.36 bits per heavy atom. The highest BCUT2D eigenvalue weighted by molar-refractivity contribution is 8.01. The lowest BCUT2D eigenvalue weighted by Crippen LogP contribution is -2.26. The molecule has 1 aromatic heterocycles. The Bertz CT molecular complexity index is 585.